The zero-order valence-corrected chi connectivity index (χ0v) is 8.24. The Hall–Kier alpha value is -1.77. The molecule has 0 saturated heterocycles. The molecule has 0 unspecified atom stereocenters. The smallest absolute Gasteiger partial charge is 0.154 e. The molecule has 1 rings (SSSR count). The Balaban J connectivity index is 2.74. The standard InChI is InChI=1S/C11H13NO2/c1-8(6-9(2)13)12-10-4-3-5-11(14)7-10/h3-7,12,14H,1-2H3/b8-6+. The minimum Gasteiger partial charge on any atom is -0.508 e. The van der Waals surface area contributed by atoms with Crippen LogP contribution in [0.2, 0.25) is 0 Å². The number of anilines is 1. The molecule has 0 amide bonds. The van der Waals surface area contributed by atoms with Gasteiger partial charge >= 0.3 is 0 Å². The number of aromatic hydroxyl groups is 1. The van der Waals surface area contributed by atoms with E-state index in [1.54, 1.807) is 25.1 Å². The first-order chi connectivity index (χ1) is 6.58. The molecule has 1 aromatic rings. The van der Waals surface area contributed by atoms with Gasteiger partial charge in [-0.05, 0) is 32.1 Å². The number of carbonyl (C=O) groups excluding carboxylic acids is 1. The van der Waals surface area contributed by atoms with Crippen LogP contribution in [0.3, 0.4) is 0 Å². The Kier molecular flexibility index (Phi) is 3.29. The van der Waals surface area contributed by atoms with Gasteiger partial charge in [-0.1, -0.05) is 6.07 Å². The minimum absolute atomic E-state index is 0.00449. The molecule has 74 valence electrons. The monoisotopic (exact) mass is 191 g/mol. The van der Waals surface area contributed by atoms with Crippen LogP contribution in [0.15, 0.2) is 36.0 Å². The van der Waals surface area contributed by atoms with Crippen molar-refractivity contribution in [3.63, 3.8) is 0 Å². The van der Waals surface area contributed by atoms with Crippen LogP contribution in [-0.2, 0) is 4.79 Å². The summed E-state index contributed by atoms with van der Waals surface area (Å²) in [5.41, 5.74) is 1.52. The maximum Gasteiger partial charge on any atom is 0.154 e. The molecular formula is C11H13NO2. The number of phenols is 1. The molecule has 0 aromatic heterocycles. The molecule has 0 aliphatic carbocycles. The number of carbonyl (C=O) groups is 1. The molecule has 14 heavy (non-hydrogen) atoms. The highest BCUT2D eigenvalue weighted by molar-refractivity contribution is 5.88. The maximum atomic E-state index is 10.7. The summed E-state index contributed by atoms with van der Waals surface area (Å²) in [4.78, 5) is 10.7. The molecule has 3 nitrogen and oxygen atoms in total. The Bertz CT molecular complexity index is 369. The fourth-order valence-corrected chi connectivity index (χ4v) is 1.15. The average molecular weight is 191 g/mol. The van der Waals surface area contributed by atoms with E-state index in [1.807, 2.05) is 6.07 Å². The Morgan fingerprint density at radius 1 is 1.43 bits per heavy atom. The topological polar surface area (TPSA) is 49.3 Å². The quantitative estimate of drug-likeness (QED) is 0.721. The summed E-state index contributed by atoms with van der Waals surface area (Å²) in [6, 6.07) is 6.74. The lowest BCUT2D eigenvalue weighted by atomic mass is 10.2. The number of hydrogen-bond donors (Lipinski definition) is 2. The lowest BCUT2D eigenvalue weighted by molar-refractivity contribution is -0.112. The van der Waals surface area contributed by atoms with Crippen LogP contribution >= 0.6 is 0 Å². The number of ketones is 1. The summed E-state index contributed by atoms with van der Waals surface area (Å²) >= 11 is 0. The molecule has 0 spiro atoms. The van der Waals surface area contributed by atoms with Crippen LogP contribution in [0.4, 0.5) is 5.69 Å². The first kappa shape index (κ1) is 10.3. The van der Waals surface area contributed by atoms with Gasteiger partial charge in [0.15, 0.2) is 5.78 Å². The molecule has 0 saturated carbocycles. The molecular weight excluding hydrogens is 178 g/mol. The second-order valence-corrected chi connectivity index (χ2v) is 3.11. The third-order valence-electron chi connectivity index (χ3n) is 1.61. The largest absolute Gasteiger partial charge is 0.508 e. The highest BCUT2D eigenvalue weighted by atomic mass is 16.3. The fraction of sp³-hybridized carbons (Fsp3) is 0.182. The lowest BCUT2D eigenvalue weighted by Crippen LogP contribution is -1.97. The van der Waals surface area contributed by atoms with E-state index < -0.39 is 0 Å². The zero-order valence-electron chi connectivity index (χ0n) is 8.24. The second-order valence-electron chi connectivity index (χ2n) is 3.11. The van der Waals surface area contributed by atoms with E-state index in [1.165, 1.54) is 13.0 Å². The predicted octanol–water partition coefficient (Wildman–Crippen LogP) is 2.30. The van der Waals surface area contributed by atoms with Crippen LogP contribution in [-0.4, -0.2) is 10.9 Å². The summed E-state index contributed by atoms with van der Waals surface area (Å²) in [6.45, 7) is 3.29. The number of phenolic OH excluding ortho intramolecular Hbond substituents is 1. The summed E-state index contributed by atoms with van der Waals surface area (Å²) in [5.74, 6) is 0.195. The third-order valence-corrected chi connectivity index (χ3v) is 1.61. The molecule has 0 aliphatic heterocycles. The van der Waals surface area contributed by atoms with Gasteiger partial charge in [0, 0.05) is 17.5 Å². The van der Waals surface area contributed by atoms with Gasteiger partial charge in [0.1, 0.15) is 5.75 Å². The molecule has 0 heterocycles. The van der Waals surface area contributed by atoms with Crippen LogP contribution in [0.1, 0.15) is 13.8 Å². The summed E-state index contributed by atoms with van der Waals surface area (Å²) in [7, 11) is 0. The Morgan fingerprint density at radius 2 is 2.14 bits per heavy atom. The number of nitrogens with one attached hydrogen (secondary N) is 1. The van der Waals surface area contributed by atoms with E-state index in [9.17, 15) is 9.90 Å². The third kappa shape index (κ3) is 3.31. The van der Waals surface area contributed by atoms with Crippen molar-refractivity contribution in [1.82, 2.24) is 0 Å². The van der Waals surface area contributed by atoms with Crippen molar-refractivity contribution in [2.75, 3.05) is 5.32 Å². The molecule has 0 atom stereocenters. The SMILES string of the molecule is CC(=O)/C=C(\C)Nc1cccc(O)c1. The molecule has 0 bridgehead atoms. The van der Waals surface area contributed by atoms with E-state index in [0.717, 1.165) is 11.4 Å². The van der Waals surface area contributed by atoms with E-state index in [4.69, 9.17) is 0 Å². The van der Waals surface area contributed by atoms with Gasteiger partial charge in [0.05, 0.1) is 0 Å². The lowest BCUT2D eigenvalue weighted by Gasteiger charge is -2.05. The van der Waals surface area contributed by atoms with Crippen LogP contribution in [0.25, 0.3) is 0 Å². The molecule has 2 N–H and O–H groups in total. The van der Waals surface area contributed by atoms with Crippen molar-refractivity contribution in [3.8, 4) is 5.75 Å². The molecule has 0 aliphatic rings. The average Bonchev–Trinajstić information content (AvgIpc) is 2.01. The van der Waals surface area contributed by atoms with E-state index in [2.05, 4.69) is 5.32 Å². The van der Waals surface area contributed by atoms with Crippen LogP contribution < -0.4 is 5.32 Å². The van der Waals surface area contributed by atoms with Crippen molar-refractivity contribution in [3.05, 3.63) is 36.0 Å². The van der Waals surface area contributed by atoms with Gasteiger partial charge in [-0.15, -0.1) is 0 Å². The normalized spacial score (nSPS) is 11.1. The maximum absolute atomic E-state index is 10.7. The van der Waals surface area contributed by atoms with Crippen molar-refractivity contribution in [1.29, 1.82) is 0 Å². The summed E-state index contributed by atoms with van der Waals surface area (Å²) < 4.78 is 0. The van der Waals surface area contributed by atoms with Gasteiger partial charge in [-0.3, -0.25) is 4.79 Å². The van der Waals surface area contributed by atoms with Crippen molar-refractivity contribution < 1.29 is 9.90 Å². The fourth-order valence-electron chi connectivity index (χ4n) is 1.15. The molecule has 0 fully saturated rings. The number of benzene rings is 1. The molecule has 0 radical (unpaired) electrons. The van der Waals surface area contributed by atoms with E-state index in [0.29, 0.717) is 0 Å². The van der Waals surface area contributed by atoms with Gasteiger partial charge in [0.2, 0.25) is 0 Å². The van der Waals surface area contributed by atoms with Crippen LogP contribution in [0, 0.1) is 0 Å². The van der Waals surface area contributed by atoms with Crippen LogP contribution in [0.5, 0.6) is 5.75 Å². The highest BCUT2D eigenvalue weighted by Crippen LogP contribution is 2.16. The van der Waals surface area contributed by atoms with Gasteiger partial charge < -0.3 is 10.4 Å². The summed E-state index contributed by atoms with van der Waals surface area (Å²) in [5, 5.41) is 12.2. The van der Waals surface area contributed by atoms with Crippen molar-refractivity contribution in [2.24, 2.45) is 0 Å². The van der Waals surface area contributed by atoms with E-state index >= 15 is 0 Å². The van der Waals surface area contributed by atoms with Gasteiger partial charge in [-0.2, -0.15) is 0 Å². The first-order valence-corrected chi connectivity index (χ1v) is 4.33. The first-order valence-electron chi connectivity index (χ1n) is 4.33. The van der Waals surface area contributed by atoms with Crippen molar-refractivity contribution in [2.45, 2.75) is 13.8 Å². The second kappa shape index (κ2) is 4.46. The Morgan fingerprint density at radius 3 is 2.71 bits per heavy atom. The molecule has 1 aromatic carbocycles. The highest BCUT2D eigenvalue weighted by Gasteiger charge is 1.95. The molecule has 3 heteroatoms. The predicted molar refractivity (Wildman–Crippen MR) is 56.2 cm³/mol. The number of allylic oxidation sites excluding steroid dienone is 2. The summed E-state index contributed by atoms with van der Waals surface area (Å²) in [6.07, 6.45) is 1.50. The van der Waals surface area contributed by atoms with Gasteiger partial charge in [-0.25, -0.2) is 0 Å². The van der Waals surface area contributed by atoms with Gasteiger partial charge in [0.25, 0.3) is 0 Å². The minimum atomic E-state index is -0.00449. The van der Waals surface area contributed by atoms with E-state index in [-0.39, 0.29) is 11.5 Å². The van der Waals surface area contributed by atoms with Crippen molar-refractivity contribution >= 4 is 11.5 Å². The number of hydrogen-bond acceptors (Lipinski definition) is 3. The number of rotatable bonds is 3. The Labute approximate surface area is 83.1 Å². The zero-order chi connectivity index (χ0) is 10.6.